The van der Waals surface area contributed by atoms with Crippen LogP contribution in [-0.2, 0) is 9.59 Å². The first-order valence-electron chi connectivity index (χ1n) is 8.19. The number of amides is 2. The lowest BCUT2D eigenvalue weighted by Gasteiger charge is -2.16. The normalized spacial score (nSPS) is 11.7. The average Bonchev–Trinajstić information content (AvgIpc) is 2.52. The molecule has 0 spiro atoms. The zero-order valence-electron chi connectivity index (χ0n) is 15.3. The molecule has 0 saturated heterocycles. The largest absolute Gasteiger partial charge is 0.326 e. The monoisotopic (exact) mass is 356 g/mol. The maximum absolute atomic E-state index is 12.5. The molecule has 0 aliphatic heterocycles. The molecule has 0 fully saturated rings. The van der Waals surface area contributed by atoms with Gasteiger partial charge in [-0.2, -0.15) is 0 Å². The molecular formula is C20H24N2O2S. The number of rotatable bonds is 5. The summed E-state index contributed by atoms with van der Waals surface area (Å²) in [6, 6.07) is 11.4. The first kappa shape index (κ1) is 19.1. The van der Waals surface area contributed by atoms with Crippen molar-refractivity contribution >= 4 is 35.0 Å². The Bertz CT molecular complexity index is 762. The zero-order chi connectivity index (χ0) is 18.6. The molecule has 0 heterocycles. The van der Waals surface area contributed by atoms with Gasteiger partial charge in [0.15, 0.2) is 0 Å². The minimum absolute atomic E-state index is 0.0448. The predicted molar refractivity (Wildman–Crippen MR) is 105 cm³/mol. The highest BCUT2D eigenvalue weighted by molar-refractivity contribution is 8.00. The minimum Gasteiger partial charge on any atom is -0.326 e. The van der Waals surface area contributed by atoms with E-state index in [4.69, 9.17) is 0 Å². The van der Waals surface area contributed by atoms with Gasteiger partial charge in [-0.3, -0.25) is 9.59 Å². The first-order chi connectivity index (χ1) is 11.8. The molecular weight excluding hydrogens is 332 g/mol. The van der Waals surface area contributed by atoms with E-state index in [0.717, 1.165) is 4.90 Å². The topological polar surface area (TPSA) is 58.2 Å². The van der Waals surface area contributed by atoms with Crippen LogP contribution in [0.15, 0.2) is 41.3 Å². The molecule has 0 saturated carbocycles. The van der Waals surface area contributed by atoms with E-state index in [2.05, 4.69) is 43.5 Å². The van der Waals surface area contributed by atoms with Gasteiger partial charge in [0.25, 0.3) is 0 Å². The van der Waals surface area contributed by atoms with Crippen molar-refractivity contribution in [1.29, 1.82) is 0 Å². The number of nitrogens with one attached hydrogen (secondary N) is 2. The van der Waals surface area contributed by atoms with Crippen LogP contribution in [0.5, 0.6) is 0 Å². The smallest absolute Gasteiger partial charge is 0.237 e. The third kappa shape index (κ3) is 5.36. The number of carbonyl (C=O) groups excluding carboxylic acids is 2. The van der Waals surface area contributed by atoms with Crippen LogP contribution < -0.4 is 10.6 Å². The van der Waals surface area contributed by atoms with Gasteiger partial charge in [-0.25, -0.2) is 0 Å². The summed E-state index contributed by atoms with van der Waals surface area (Å²) in [7, 11) is 0. The molecule has 2 N–H and O–H groups in total. The highest BCUT2D eigenvalue weighted by Crippen LogP contribution is 2.31. The van der Waals surface area contributed by atoms with E-state index < -0.39 is 0 Å². The molecule has 2 aromatic carbocycles. The Hall–Kier alpha value is -2.27. The van der Waals surface area contributed by atoms with Crippen molar-refractivity contribution < 1.29 is 9.59 Å². The Morgan fingerprint density at radius 3 is 1.88 bits per heavy atom. The summed E-state index contributed by atoms with van der Waals surface area (Å²) in [4.78, 5) is 24.7. The molecule has 2 aromatic rings. The second-order valence-electron chi connectivity index (χ2n) is 6.24. The molecule has 2 amide bonds. The van der Waals surface area contributed by atoms with Gasteiger partial charge in [0.1, 0.15) is 0 Å². The summed E-state index contributed by atoms with van der Waals surface area (Å²) in [6.07, 6.45) is 0. The third-order valence-corrected chi connectivity index (χ3v) is 5.19. The van der Waals surface area contributed by atoms with E-state index in [1.54, 1.807) is 36.0 Å². The number of anilines is 2. The lowest BCUT2D eigenvalue weighted by Crippen LogP contribution is -2.22. The van der Waals surface area contributed by atoms with Crippen LogP contribution in [0.1, 0.15) is 30.5 Å². The number of aryl methyl sites for hydroxylation is 3. The van der Waals surface area contributed by atoms with Crippen molar-refractivity contribution in [1.82, 2.24) is 0 Å². The molecule has 25 heavy (non-hydrogen) atoms. The number of carbonyl (C=O) groups is 2. The van der Waals surface area contributed by atoms with Gasteiger partial charge in [-0.15, -0.1) is 11.8 Å². The van der Waals surface area contributed by atoms with E-state index >= 15 is 0 Å². The fraction of sp³-hybridized carbons (Fsp3) is 0.300. The predicted octanol–water partition coefficient (Wildman–Crippen LogP) is 4.69. The van der Waals surface area contributed by atoms with Crippen molar-refractivity contribution in [3.63, 3.8) is 0 Å². The van der Waals surface area contributed by atoms with E-state index in [1.807, 2.05) is 6.92 Å². The molecule has 2 rings (SSSR count). The van der Waals surface area contributed by atoms with Crippen LogP contribution in [-0.4, -0.2) is 17.1 Å². The van der Waals surface area contributed by atoms with Crippen LogP contribution in [0, 0.1) is 20.8 Å². The fourth-order valence-corrected chi connectivity index (χ4v) is 3.68. The second kappa shape index (κ2) is 8.21. The van der Waals surface area contributed by atoms with Gasteiger partial charge in [-0.05, 0) is 63.1 Å². The Morgan fingerprint density at radius 1 is 0.920 bits per heavy atom. The summed E-state index contributed by atoms with van der Waals surface area (Å²) >= 11 is 1.58. The second-order valence-corrected chi connectivity index (χ2v) is 7.59. The van der Waals surface area contributed by atoms with Crippen molar-refractivity contribution in [2.24, 2.45) is 0 Å². The Morgan fingerprint density at radius 2 is 1.40 bits per heavy atom. The zero-order valence-corrected chi connectivity index (χ0v) is 16.1. The van der Waals surface area contributed by atoms with Crippen molar-refractivity contribution in [2.45, 2.75) is 44.8 Å². The van der Waals surface area contributed by atoms with Gasteiger partial charge < -0.3 is 10.6 Å². The molecule has 0 aliphatic rings. The molecule has 0 radical (unpaired) electrons. The van der Waals surface area contributed by atoms with E-state index in [9.17, 15) is 9.59 Å². The molecule has 0 aromatic heterocycles. The number of hydrogen-bond acceptors (Lipinski definition) is 3. The van der Waals surface area contributed by atoms with E-state index in [1.165, 1.54) is 23.6 Å². The van der Waals surface area contributed by atoms with Gasteiger partial charge in [0, 0.05) is 23.2 Å². The summed E-state index contributed by atoms with van der Waals surface area (Å²) in [5, 5.41) is 5.41. The Kier molecular flexibility index (Phi) is 6.26. The maximum Gasteiger partial charge on any atom is 0.237 e. The summed E-state index contributed by atoms with van der Waals surface area (Å²) in [5.41, 5.74) is 5.04. The van der Waals surface area contributed by atoms with Gasteiger partial charge in [-0.1, -0.05) is 17.7 Å². The number of thioether (sulfide) groups is 1. The summed E-state index contributed by atoms with van der Waals surface area (Å²) < 4.78 is 0. The van der Waals surface area contributed by atoms with Crippen molar-refractivity contribution in [3.05, 3.63) is 53.1 Å². The van der Waals surface area contributed by atoms with Gasteiger partial charge in [0.05, 0.1) is 5.25 Å². The Balaban J connectivity index is 2.02. The van der Waals surface area contributed by atoms with Crippen LogP contribution in [0.25, 0.3) is 0 Å². The molecule has 1 unspecified atom stereocenters. The standard InChI is InChI=1S/C20H24N2O2S/c1-12-10-13(2)19(14(3)11-12)25-15(4)20(24)22-18-8-6-17(7-9-18)21-16(5)23/h6-11,15H,1-5H3,(H,21,23)(H,22,24). The number of hydrogen-bond donors (Lipinski definition) is 2. The fourth-order valence-electron chi connectivity index (χ4n) is 2.67. The molecule has 0 bridgehead atoms. The molecule has 5 heteroatoms. The first-order valence-corrected chi connectivity index (χ1v) is 9.07. The van der Waals surface area contributed by atoms with E-state index in [0.29, 0.717) is 11.4 Å². The molecule has 1 atom stereocenters. The molecule has 0 aliphatic carbocycles. The average molecular weight is 356 g/mol. The van der Waals surface area contributed by atoms with Crippen molar-refractivity contribution in [3.8, 4) is 0 Å². The lowest BCUT2D eigenvalue weighted by atomic mass is 10.1. The minimum atomic E-state index is -0.213. The molecule has 132 valence electrons. The SMILES string of the molecule is CC(=O)Nc1ccc(NC(=O)C(C)Sc2c(C)cc(C)cc2C)cc1. The van der Waals surface area contributed by atoms with Crippen LogP contribution in [0.2, 0.25) is 0 Å². The van der Waals surface area contributed by atoms with Gasteiger partial charge in [0.2, 0.25) is 11.8 Å². The van der Waals surface area contributed by atoms with Gasteiger partial charge >= 0.3 is 0 Å². The molecule has 4 nitrogen and oxygen atoms in total. The van der Waals surface area contributed by atoms with Crippen LogP contribution in [0.4, 0.5) is 11.4 Å². The highest BCUT2D eigenvalue weighted by Gasteiger charge is 2.17. The summed E-state index contributed by atoms with van der Waals surface area (Å²) in [6.45, 7) is 9.60. The van der Waals surface area contributed by atoms with E-state index in [-0.39, 0.29) is 17.1 Å². The lowest BCUT2D eigenvalue weighted by molar-refractivity contribution is -0.115. The third-order valence-electron chi connectivity index (χ3n) is 3.74. The Labute approximate surface area is 153 Å². The quantitative estimate of drug-likeness (QED) is 0.764. The van der Waals surface area contributed by atoms with Crippen LogP contribution in [0.3, 0.4) is 0 Å². The number of benzene rings is 2. The van der Waals surface area contributed by atoms with Crippen LogP contribution >= 0.6 is 11.8 Å². The van der Waals surface area contributed by atoms with Crippen molar-refractivity contribution in [2.75, 3.05) is 10.6 Å². The highest BCUT2D eigenvalue weighted by atomic mass is 32.2. The maximum atomic E-state index is 12.5. The summed E-state index contributed by atoms with van der Waals surface area (Å²) in [5.74, 6) is -0.165.